The highest BCUT2D eigenvalue weighted by Gasteiger charge is 2.16. The zero-order chi connectivity index (χ0) is 15.2. The topological polar surface area (TPSA) is 55.4 Å². The lowest BCUT2D eigenvalue weighted by atomic mass is 9.95. The van der Waals surface area contributed by atoms with Crippen LogP contribution in [0.4, 0.5) is 0 Å². The Bertz CT molecular complexity index is 650. The molecule has 0 aliphatic heterocycles. The Morgan fingerprint density at radius 1 is 1.05 bits per heavy atom. The van der Waals surface area contributed by atoms with Crippen molar-refractivity contribution < 1.29 is 14.3 Å². The number of carbonyl (C=O) groups excluding carboxylic acids is 2. The summed E-state index contributed by atoms with van der Waals surface area (Å²) >= 11 is 0. The van der Waals surface area contributed by atoms with E-state index >= 15 is 0 Å². The number of nitrogens with one attached hydrogen (secondary N) is 1. The lowest BCUT2D eigenvalue weighted by Crippen LogP contribution is -2.31. The highest BCUT2D eigenvalue weighted by Crippen LogP contribution is 2.25. The fourth-order valence-corrected chi connectivity index (χ4v) is 2.14. The van der Waals surface area contributed by atoms with Crippen LogP contribution >= 0.6 is 0 Å². The molecule has 108 valence electrons. The minimum Gasteiger partial charge on any atom is -0.468 e. The van der Waals surface area contributed by atoms with Crippen LogP contribution in [0.15, 0.2) is 48.5 Å². The van der Waals surface area contributed by atoms with Gasteiger partial charge in [0.25, 0.3) is 5.91 Å². The maximum absolute atomic E-state index is 12.4. The van der Waals surface area contributed by atoms with Crippen LogP contribution in [0.25, 0.3) is 11.1 Å². The van der Waals surface area contributed by atoms with E-state index in [0.717, 1.165) is 16.7 Å². The summed E-state index contributed by atoms with van der Waals surface area (Å²) in [6, 6.07) is 15.4. The molecule has 0 aliphatic rings. The van der Waals surface area contributed by atoms with Gasteiger partial charge in [0, 0.05) is 0 Å². The summed E-state index contributed by atoms with van der Waals surface area (Å²) in [5.41, 5.74) is 3.24. The molecule has 0 heterocycles. The maximum Gasteiger partial charge on any atom is 0.325 e. The van der Waals surface area contributed by atoms with Crippen LogP contribution in [0.2, 0.25) is 0 Å². The molecule has 0 spiro atoms. The molecule has 0 saturated carbocycles. The second-order valence-electron chi connectivity index (χ2n) is 4.62. The Balaban J connectivity index is 2.34. The van der Waals surface area contributed by atoms with Crippen LogP contribution in [0.5, 0.6) is 0 Å². The standard InChI is InChI=1S/C17H17NO3/c1-12-7-6-10-14(13-8-4-3-5-9-13)16(12)17(20)18-11-15(19)21-2/h3-10H,11H2,1-2H3,(H,18,20). The van der Waals surface area contributed by atoms with E-state index < -0.39 is 5.97 Å². The largest absolute Gasteiger partial charge is 0.468 e. The van der Waals surface area contributed by atoms with Crippen molar-refractivity contribution in [2.75, 3.05) is 13.7 Å². The van der Waals surface area contributed by atoms with E-state index in [2.05, 4.69) is 10.1 Å². The van der Waals surface area contributed by atoms with Gasteiger partial charge in [-0.2, -0.15) is 0 Å². The SMILES string of the molecule is COC(=O)CNC(=O)c1c(C)cccc1-c1ccccc1. The first kappa shape index (κ1) is 14.8. The summed E-state index contributed by atoms with van der Waals surface area (Å²) in [6.07, 6.45) is 0. The number of amides is 1. The number of hydrogen-bond acceptors (Lipinski definition) is 3. The van der Waals surface area contributed by atoms with Crippen molar-refractivity contribution in [1.29, 1.82) is 0 Å². The van der Waals surface area contributed by atoms with Gasteiger partial charge in [-0.25, -0.2) is 0 Å². The van der Waals surface area contributed by atoms with E-state index in [1.807, 2.05) is 55.5 Å². The van der Waals surface area contributed by atoms with Crippen LogP contribution in [0.1, 0.15) is 15.9 Å². The fourth-order valence-electron chi connectivity index (χ4n) is 2.14. The highest BCUT2D eigenvalue weighted by atomic mass is 16.5. The summed E-state index contributed by atoms with van der Waals surface area (Å²) < 4.78 is 4.53. The summed E-state index contributed by atoms with van der Waals surface area (Å²) in [5, 5.41) is 2.59. The zero-order valence-corrected chi connectivity index (χ0v) is 12.1. The van der Waals surface area contributed by atoms with Gasteiger partial charge in [-0.1, -0.05) is 48.5 Å². The summed E-state index contributed by atoms with van der Waals surface area (Å²) in [4.78, 5) is 23.5. The van der Waals surface area contributed by atoms with Gasteiger partial charge in [0.05, 0.1) is 12.7 Å². The minimum atomic E-state index is -0.474. The summed E-state index contributed by atoms with van der Waals surface area (Å²) in [5.74, 6) is -0.754. The summed E-state index contributed by atoms with van der Waals surface area (Å²) in [6.45, 7) is 1.73. The van der Waals surface area contributed by atoms with Crippen molar-refractivity contribution in [2.45, 2.75) is 6.92 Å². The fraction of sp³-hybridized carbons (Fsp3) is 0.176. The lowest BCUT2D eigenvalue weighted by molar-refractivity contribution is -0.139. The molecule has 0 aliphatic carbocycles. The quantitative estimate of drug-likeness (QED) is 0.877. The second-order valence-corrected chi connectivity index (χ2v) is 4.62. The molecule has 0 aromatic heterocycles. The van der Waals surface area contributed by atoms with Crippen molar-refractivity contribution in [3.05, 3.63) is 59.7 Å². The molecule has 0 saturated heterocycles. The second kappa shape index (κ2) is 6.70. The van der Waals surface area contributed by atoms with Crippen LogP contribution in [-0.4, -0.2) is 25.5 Å². The number of rotatable bonds is 4. The van der Waals surface area contributed by atoms with Crippen LogP contribution in [0, 0.1) is 6.92 Å². The van der Waals surface area contributed by atoms with Crippen molar-refractivity contribution >= 4 is 11.9 Å². The van der Waals surface area contributed by atoms with Gasteiger partial charge >= 0.3 is 5.97 Å². The van der Waals surface area contributed by atoms with E-state index in [9.17, 15) is 9.59 Å². The Morgan fingerprint density at radius 3 is 2.43 bits per heavy atom. The molecule has 2 rings (SSSR count). The van der Waals surface area contributed by atoms with Gasteiger partial charge in [0.1, 0.15) is 6.54 Å². The van der Waals surface area contributed by atoms with Gasteiger partial charge in [-0.15, -0.1) is 0 Å². The molecule has 0 radical (unpaired) electrons. The molecular weight excluding hydrogens is 266 g/mol. The number of aryl methyl sites for hydroxylation is 1. The predicted octanol–water partition coefficient (Wildman–Crippen LogP) is 2.56. The normalized spacial score (nSPS) is 10.0. The molecule has 1 N–H and O–H groups in total. The first-order chi connectivity index (χ1) is 10.1. The maximum atomic E-state index is 12.4. The molecular formula is C17H17NO3. The molecule has 1 amide bonds. The van der Waals surface area contributed by atoms with Crippen LogP contribution in [-0.2, 0) is 9.53 Å². The number of ether oxygens (including phenoxy) is 1. The van der Waals surface area contributed by atoms with E-state index in [1.54, 1.807) is 0 Å². The van der Waals surface area contributed by atoms with Crippen molar-refractivity contribution in [3.63, 3.8) is 0 Å². The van der Waals surface area contributed by atoms with Gasteiger partial charge < -0.3 is 10.1 Å². The molecule has 4 nitrogen and oxygen atoms in total. The van der Waals surface area contributed by atoms with Gasteiger partial charge in [-0.05, 0) is 23.6 Å². The van der Waals surface area contributed by atoms with Crippen LogP contribution in [0.3, 0.4) is 0 Å². The van der Waals surface area contributed by atoms with Gasteiger partial charge in [0.2, 0.25) is 0 Å². The third-order valence-corrected chi connectivity index (χ3v) is 3.21. The van der Waals surface area contributed by atoms with Gasteiger partial charge in [0.15, 0.2) is 0 Å². The first-order valence-corrected chi connectivity index (χ1v) is 6.63. The smallest absolute Gasteiger partial charge is 0.325 e. The minimum absolute atomic E-state index is 0.141. The third-order valence-electron chi connectivity index (χ3n) is 3.21. The third kappa shape index (κ3) is 3.48. The Kier molecular flexibility index (Phi) is 4.72. The Hall–Kier alpha value is -2.62. The first-order valence-electron chi connectivity index (χ1n) is 6.63. The predicted molar refractivity (Wildman–Crippen MR) is 81.0 cm³/mol. The molecule has 21 heavy (non-hydrogen) atoms. The molecule has 0 unspecified atom stereocenters. The van der Waals surface area contributed by atoms with Crippen molar-refractivity contribution in [2.24, 2.45) is 0 Å². The Labute approximate surface area is 123 Å². The molecule has 2 aromatic carbocycles. The van der Waals surface area contributed by atoms with E-state index in [1.165, 1.54) is 7.11 Å². The number of esters is 1. The van der Waals surface area contributed by atoms with E-state index in [-0.39, 0.29) is 12.5 Å². The molecule has 2 aromatic rings. The highest BCUT2D eigenvalue weighted by molar-refractivity contribution is 6.03. The van der Waals surface area contributed by atoms with Crippen molar-refractivity contribution in [3.8, 4) is 11.1 Å². The Morgan fingerprint density at radius 2 is 1.76 bits per heavy atom. The number of carbonyl (C=O) groups is 2. The average Bonchev–Trinajstić information content (AvgIpc) is 2.52. The van der Waals surface area contributed by atoms with E-state index in [4.69, 9.17) is 0 Å². The van der Waals surface area contributed by atoms with E-state index in [0.29, 0.717) is 5.56 Å². The molecule has 0 atom stereocenters. The van der Waals surface area contributed by atoms with Crippen LogP contribution < -0.4 is 5.32 Å². The molecule has 0 fully saturated rings. The average molecular weight is 283 g/mol. The van der Waals surface area contributed by atoms with Crippen molar-refractivity contribution in [1.82, 2.24) is 5.32 Å². The van der Waals surface area contributed by atoms with Gasteiger partial charge in [-0.3, -0.25) is 9.59 Å². The lowest BCUT2D eigenvalue weighted by Gasteiger charge is -2.12. The number of hydrogen-bond donors (Lipinski definition) is 1. The molecule has 4 heteroatoms. The molecule has 0 bridgehead atoms. The number of benzene rings is 2. The zero-order valence-electron chi connectivity index (χ0n) is 12.1. The monoisotopic (exact) mass is 283 g/mol. The number of methoxy groups -OCH3 is 1. The summed E-state index contributed by atoms with van der Waals surface area (Å²) in [7, 11) is 1.29.